The molecule has 1 atom stereocenters. The van der Waals surface area contributed by atoms with E-state index in [9.17, 15) is 4.79 Å². The monoisotopic (exact) mass is 257 g/mol. The molecule has 0 aromatic heterocycles. The summed E-state index contributed by atoms with van der Waals surface area (Å²) in [5.74, 6) is 0.736. The van der Waals surface area contributed by atoms with Crippen LogP contribution in [0.1, 0.15) is 25.3 Å². The van der Waals surface area contributed by atoms with Gasteiger partial charge >= 0.3 is 0 Å². The minimum Gasteiger partial charge on any atom is -0.325 e. The van der Waals surface area contributed by atoms with Gasteiger partial charge in [0.2, 0.25) is 5.91 Å². The molecule has 1 amide bonds. The Morgan fingerprint density at radius 3 is 2.95 bits per heavy atom. The highest BCUT2D eigenvalue weighted by molar-refractivity contribution is 5.94. The summed E-state index contributed by atoms with van der Waals surface area (Å²) in [6.07, 6.45) is 2.56. The van der Waals surface area contributed by atoms with Crippen LogP contribution in [0.2, 0.25) is 0 Å². The highest BCUT2D eigenvalue weighted by atomic mass is 16.2. The third kappa shape index (κ3) is 3.80. The molecule has 0 radical (unpaired) electrons. The van der Waals surface area contributed by atoms with Crippen LogP contribution in [-0.4, -0.2) is 30.4 Å². The SMILES string of the molecule is CC(C(=O)Nc1cccc(C#N)c1)N(C)CC1CC1. The van der Waals surface area contributed by atoms with E-state index in [1.165, 1.54) is 12.8 Å². The Balaban J connectivity index is 1.93. The molecule has 19 heavy (non-hydrogen) atoms. The number of nitriles is 1. The summed E-state index contributed by atoms with van der Waals surface area (Å²) in [6, 6.07) is 8.88. The number of rotatable bonds is 5. The Morgan fingerprint density at radius 2 is 2.32 bits per heavy atom. The lowest BCUT2D eigenvalue weighted by Crippen LogP contribution is -2.40. The fourth-order valence-corrected chi connectivity index (χ4v) is 1.98. The van der Waals surface area contributed by atoms with Gasteiger partial charge in [-0.1, -0.05) is 6.07 Å². The molecule has 100 valence electrons. The molecule has 4 heteroatoms. The van der Waals surface area contributed by atoms with E-state index in [2.05, 4.69) is 16.3 Å². The van der Waals surface area contributed by atoms with Gasteiger partial charge < -0.3 is 5.32 Å². The van der Waals surface area contributed by atoms with E-state index in [-0.39, 0.29) is 11.9 Å². The van der Waals surface area contributed by atoms with Crippen LogP contribution in [0.5, 0.6) is 0 Å². The maximum Gasteiger partial charge on any atom is 0.241 e. The van der Waals surface area contributed by atoms with Gasteiger partial charge in [0.15, 0.2) is 0 Å². The molecule has 1 aliphatic rings. The molecule has 1 unspecified atom stereocenters. The van der Waals surface area contributed by atoms with Crippen molar-refractivity contribution in [1.82, 2.24) is 4.90 Å². The van der Waals surface area contributed by atoms with Crippen LogP contribution in [0.3, 0.4) is 0 Å². The molecule has 0 spiro atoms. The summed E-state index contributed by atoms with van der Waals surface area (Å²) in [5.41, 5.74) is 1.23. The normalized spacial score (nSPS) is 15.9. The second-order valence-electron chi connectivity index (χ2n) is 5.24. The largest absolute Gasteiger partial charge is 0.325 e. The lowest BCUT2D eigenvalue weighted by atomic mass is 10.2. The molecular formula is C15H19N3O. The first-order chi connectivity index (χ1) is 9.10. The minimum atomic E-state index is -0.161. The summed E-state index contributed by atoms with van der Waals surface area (Å²) < 4.78 is 0. The molecule has 0 aliphatic heterocycles. The Labute approximate surface area is 114 Å². The molecule has 1 aromatic carbocycles. The average Bonchev–Trinajstić information content (AvgIpc) is 3.21. The van der Waals surface area contributed by atoms with Crippen LogP contribution in [0.4, 0.5) is 5.69 Å². The van der Waals surface area contributed by atoms with E-state index in [0.717, 1.165) is 12.5 Å². The number of nitrogens with one attached hydrogen (secondary N) is 1. The molecule has 1 N–H and O–H groups in total. The maximum atomic E-state index is 12.1. The van der Waals surface area contributed by atoms with Gasteiger partial charge in [-0.15, -0.1) is 0 Å². The summed E-state index contributed by atoms with van der Waals surface area (Å²) in [6.45, 7) is 2.89. The van der Waals surface area contributed by atoms with Crippen LogP contribution in [0.15, 0.2) is 24.3 Å². The number of hydrogen-bond donors (Lipinski definition) is 1. The lowest BCUT2D eigenvalue weighted by Gasteiger charge is -2.23. The molecule has 0 saturated heterocycles. The molecule has 2 rings (SSSR count). The van der Waals surface area contributed by atoms with Gasteiger partial charge in [0, 0.05) is 12.2 Å². The van der Waals surface area contributed by atoms with E-state index < -0.39 is 0 Å². The zero-order chi connectivity index (χ0) is 13.8. The Bertz CT molecular complexity index is 502. The van der Waals surface area contributed by atoms with Gasteiger partial charge in [-0.25, -0.2) is 0 Å². The van der Waals surface area contributed by atoms with Crippen LogP contribution in [-0.2, 0) is 4.79 Å². The molecule has 1 fully saturated rings. The van der Waals surface area contributed by atoms with Gasteiger partial charge in [0.05, 0.1) is 17.7 Å². The van der Waals surface area contributed by atoms with Crippen molar-refractivity contribution in [3.05, 3.63) is 29.8 Å². The molecular weight excluding hydrogens is 238 g/mol. The number of amides is 1. The van der Waals surface area contributed by atoms with Gasteiger partial charge in [-0.2, -0.15) is 5.26 Å². The van der Waals surface area contributed by atoms with Crippen molar-refractivity contribution in [3.8, 4) is 6.07 Å². The third-order valence-electron chi connectivity index (χ3n) is 3.54. The first-order valence-corrected chi connectivity index (χ1v) is 6.61. The number of likely N-dealkylation sites (N-methyl/N-ethyl adjacent to an activating group) is 1. The van der Waals surface area contributed by atoms with E-state index in [4.69, 9.17) is 5.26 Å². The van der Waals surface area contributed by atoms with Crippen molar-refractivity contribution in [2.75, 3.05) is 18.9 Å². The van der Waals surface area contributed by atoms with Crippen LogP contribution in [0, 0.1) is 17.2 Å². The highest BCUT2D eigenvalue weighted by Crippen LogP contribution is 2.29. The molecule has 1 saturated carbocycles. The molecule has 1 aromatic rings. The number of hydrogen-bond acceptors (Lipinski definition) is 3. The Hall–Kier alpha value is -1.86. The summed E-state index contributed by atoms with van der Waals surface area (Å²) in [4.78, 5) is 14.2. The lowest BCUT2D eigenvalue weighted by molar-refractivity contribution is -0.120. The standard InChI is InChI=1S/C15H19N3O/c1-11(18(2)10-12-6-7-12)15(19)17-14-5-3-4-13(8-14)9-16/h3-5,8,11-12H,6-7,10H2,1-2H3,(H,17,19). The van der Waals surface area contributed by atoms with Crippen molar-refractivity contribution >= 4 is 11.6 Å². The van der Waals surface area contributed by atoms with E-state index in [1.54, 1.807) is 24.3 Å². The van der Waals surface area contributed by atoms with Crippen molar-refractivity contribution in [2.45, 2.75) is 25.8 Å². The fourth-order valence-electron chi connectivity index (χ4n) is 1.98. The topological polar surface area (TPSA) is 56.1 Å². The van der Waals surface area contributed by atoms with Crippen molar-refractivity contribution < 1.29 is 4.79 Å². The predicted molar refractivity (Wildman–Crippen MR) is 74.6 cm³/mol. The second-order valence-corrected chi connectivity index (χ2v) is 5.24. The van der Waals surface area contributed by atoms with Crippen molar-refractivity contribution in [1.29, 1.82) is 5.26 Å². The zero-order valence-corrected chi connectivity index (χ0v) is 11.4. The smallest absolute Gasteiger partial charge is 0.241 e. The van der Waals surface area contributed by atoms with Crippen LogP contribution < -0.4 is 5.32 Å². The summed E-state index contributed by atoms with van der Waals surface area (Å²) in [5, 5.41) is 11.7. The first-order valence-electron chi connectivity index (χ1n) is 6.61. The van der Waals surface area contributed by atoms with Crippen LogP contribution in [0.25, 0.3) is 0 Å². The predicted octanol–water partition coefficient (Wildman–Crippen LogP) is 2.23. The van der Waals surface area contributed by atoms with Gasteiger partial charge in [0.25, 0.3) is 0 Å². The molecule has 4 nitrogen and oxygen atoms in total. The average molecular weight is 257 g/mol. The zero-order valence-electron chi connectivity index (χ0n) is 11.4. The molecule has 1 aliphatic carbocycles. The van der Waals surface area contributed by atoms with E-state index in [1.807, 2.05) is 14.0 Å². The minimum absolute atomic E-state index is 0.0294. The number of carbonyl (C=O) groups excluding carboxylic acids is 1. The van der Waals surface area contributed by atoms with E-state index in [0.29, 0.717) is 11.3 Å². The maximum absolute atomic E-state index is 12.1. The number of benzene rings is 1. The first kappa shape index (κ1) is 13.6. The van der Waals surface area contributed by atoms with Gasteiger partial charge in [0.1, 0.15) is 0 Å². The number of carbonyl (C=O) groups is 1. The van der Waals surface area contributed by atoms with Crippen molar-refractivity contribution in [3.63, 3.8) is 0 Å². The second kappa shape index (κ2) is 5.85. The van der Waals surface area contributed by atoms with Crippen LogP contribution >= 0.6 is 0 Å². The Morgan fingerprint density at radius 1 is 1.58 bits per heavy atom. The molecule has 0 bridgehead atoms. The quantitative estimate of drug-likeness (QED) is 0.880. The third-order valence-corrected chi connectivity index (χ3v) is 3.54. The Kier molecular flexibility index (Phi) is 4.18. The summed E-state index contributed by atoms with van der Waals surface area (Å²) >= 11 is 0. The number of anilines is 1. The van der Waals surface area contributed by atoms with E-state index >= 15 is 0 Å². The summed E-state index contributed by atoms with van der Waals surface area (Å²) in [7, 11) is 1.98. The highest BCUT2D eigenvalue weighted by Gasteiger charge is 2.27. The molecule has 0 heterocycles. The number of nitrogens with zero attached hydrogens (tertiary/aromatic N) is 2. The van der Waals surface area contributed by atoms with Gasteiger partial charge in [-0.3, -0.25) is 9.69 Å². The van der Waals surface area contributed by atoms with Gasteiger partial charge in [-0.05, 0) is 50.9 Å². The van der Waals surface area contributed by atoms with Crippen molar-refractivity contribution in [2.24, 2.45) is 5.92 Å². The fraction of sp³-hybridized carbons (Fsp3) is 0.467.